The molecule has 0 saturated carbocycles. The van der Waals surface area contributed by atoms with Gasteiger partial charge in [-0.1, -0.05) is 0 Å². The Kier molecular flexibility index (Phi) is 3.00. The van der Waals surface area contributed by atoms with Gasteiger partial charge in [0, 0.05) is 48.9 Å². The van der Waals surface area contributed by atoms with Gasteiger partial charge in [-0.15, -0.1) is 0 Å². The predicted molar refractivity (Wildman–Crippen MR) is 83.9 cm³/mol. The summed E-state index contributed by atoms with van der Waals surface area (Å²) in [5.41, 5.74) is 2.33. The average Bonchev–Trinajstić information content (AvgIpc) is 3.08. The molecule has 2 saturated heterocycles. The van der Waals surface area contributed by atoms with Crippen LogP contribution in [0.3, 0.4) is 0 Å². The number of aromatic nitrogens is 2. The largest absolute Gasteiger partial charge is 0.366 e. The van der Waals surface area contributed by atoms with E-state index in [4.69, 9.17) is 0 Å². The van der Waals surface area contributed by atoms with Crippen LogP contribution in [0.1, 0.15) is 6.42 Å². The highest BCUT2D eigenvalue weighted by atomic mass is 15.3. The van der Waals surface area contributed by atoms with E-state index in [0.717, 1.165) is 18.3 Å². The number of nitrogens with one attached hydrogen (secondary N) is 1. The first-order valence-corrected chi connectivity index (χ1v) is 7.40. The molecule has 5 nitrogen and oxygen atoms in total. The van der Waals surface area contributed by atoms with Crippen LogP contribution in [0.4, 0.5) is 17.3 Å². The van der Waals surface area contributed by atoms with Gasteiger partial charge in [0.25, 0.3) is 0 Å². The third-order valence-electron chi connectivity index (χ3n) is 4.54. The van der Waals surface area contributed by atoms with Crippen molar-refractivity contribution in [3.63, 3.8) is 0 Å². The van der Waals surface area contributed by atoms with Crippen molar-refractivity contribution >= 4 is 17.3 Å². The monoisotopic (exact) mass is 281 g/mol. The SMILES string of the molecule is CN1CC2CC1CN2c1ccc(Nc2ncccn2)cc1. The maximum atomic E-state index is 4.18. The summed E-state index contributed by atoms with van der Waals surface area (Å²) in [5, 5.41) is 3.21. The van der Waals surface area contributed by atoms with E-state index in [-0.39, 0.29) is 0 Å². The number of benzene rings is 1. The summed E-state index contributed by atoms with van der Waals surface area (Å²) in [7, 11) is 2.23. The molecule has 2 aliphatic rings. The Morgan fingerprint density at radius 2 is 1.81 bits per heavy atom. The fraction of sp³-hybridized carbons (Fsp3) is 0.375. The third-order valence-corrected chi connectivity index (χ3v) is 4.54. The van der Waals surface area contributed by atoms with E-state index in [1.807, 2.05) is 6.07 Å². The molecule has 2 unspecified atom stereocenters. The van der Waals surface area contributed by atoms with E-state index >= 15 is 0 Å². The second kappa shape index (κ2) is 5.00. The van der Waals surface area contributed by atoms with Gasteiger partial charge in [0.2, 0.25) is 5.95 Å². The number of piperazine rings is 1. The number of likely N-dealkylation sites (N-methyl/N-ethyl adjacent to an activating group) is 1. The summed E-state index contributed by atoms with van der Waals surface area (Å²) in [4.78, 5) is 13.4. The Labute approximate surface area is 124 Å². The van der Waals surface area contributed by atoms with E-state index < -0.39 is 0 Å². The van der Waals surface area contributed by atoms with Crippen LogP contribution < -0.4 is 10.2 Å². The summed E-state index contributed by atoms with van der Waals surface area (Å²) in [6.45, 7) is 2.33. The summed E-state index contributed by atoms with van der Waals surface area (Å²) in [5.74, 6) is 0.632. The van der Waals surface area contributed by atoms with Gasteiger partial charge < -0.3 is 10.2 Å². The standard InChI is InChI=1S/C16H19N5/c1-20-10-15-9-14(20)11-21(15)13-5-3-12(4-6-13)19-16-17-7-2-8-18-16/h2-8,14-15H,9-11H2,1H3,(H,17,18,19). The number of nitrogens with zero attached hydrogens (tertiary/aromatic N) is 4. The molecule has 0 aliphatic carbocycles. The number of hydrogen-bond donors (Lipinski definition) is 1. The van der Waals surface area contributed by atoms with Crippen molar-refractivity contribution in [3.05, 3.63) is 42.7 Å². The lowest BCUT2D eigenvalue weighted by atomic mass is 10.2. The van der Waals surface area contributed by atoms with Gasteiger partial charge in [-0.05, 0) is 43.8 Å². The number of hydrogen-bond acceptors (Lipinski definition) is 5. The molecule has 2 atom stereocenters. The summed E-state index contributed by atoms with van der Waals surface area (Å²) >= 11 is 0. The first-order chi connectivity index (χ1) is 10.3. The molecule has 2 aromatic rings. The third kappa shape index (κ3) is 2.34. The maximum Gasteiger partial charge on any atom is 0.227 e. The highest BCUT2D eigenvalue weighted by molar-refractivity contribution is 5.60. The van der Waals surface area contributed by atoms with Crippen molar-refractivity contribution in [3.8, 4) is 0 Å². The molecule has 2 aliphatic heterocycles. The van der Waals surface area contributed by atoms with Gasteiger partial charge in [-0.2, -0.15) is 0 Å². The molecule has 0 spiro atoms. The Hall–Kier alpha value is -2.14. The first-order valence-electron chi connectivity index (χ1n) is 7.40. The van der Waals surface area contributed by atoms with Crippen LogP contribution in [0.15, 0.2) is 42.7 Å². The van der Waals surface area contributed by atoms with Gasteiger partial charge in [0.05, 0.1) is 0 Å². The number of anilines is 3. The maximum absolute atomic E-state index is 4.18. The van der Waals surface area contributed by atoms with Crippen molar-refractivity contribution in [2.24, 2.45) is 0 Å². The molecule has 108 valence electrons. The van der Waals surface area contributed by atoms with Crippen LogP contribution in [-0.4, -0.2) is 47.1 Å². The zero-order valence-corrected chi connectivity index (χ0v) is 12.1. The minimum atomic E-state index is 0.632. The van der Waals surface area contributed by atoms with E-state index in [9.17, 15) is 0 Å². The summed E-state index contributed by atoms with van der Waals surface area (Å²) < 4.78 is 0. The van der Waals surface area contributed by atoms with Gasteiger partial charge in [-0.25, -0.2) is 9.97 Å². The molecule has 5 heteroatoms. The topological polar surface area (TPSA) is 44.3 Å². The van der Waals surface area contributed by atoms with Crippen molar-refractivity contribution in [2.45, 2.75) is 18.5 Å². The van der Waals surface area contributed by atoms with Crippen molar-refractivity contribution < 1.29 is 0 Å². The number of likely N-dealkylation sites (tertiary alicyclic amines) is 1. The predicted octanol–water partition coefficient (Wildman–Crippen LogP) is 2.11. The van der Waals surface area contributed by atoms with Crippen LogP contribution in [0.2, 0.25) is 0 Å². The molecule has 2 fully saturated rings. The molecule has 0 radical (unpaired) electrons. The van der Waals surface area contributed by atoms with Crippen LogP contribution in [-0.2, 0) is 0 Å². The Balaban J connectivity index is 1.47. The Morgan fingerprint density at radius 1 is 1.05 bits per heavy atom. The number of rotatable bonds is 3. The summed E-state index contributed by atoms with van der Waals surface area (Å²) in [6, 6.07) is 11.8. The molecular formula is C16H19N5. The molecule has 1 aromatic heterocycles. The van der Waals surface area contributed by atoms with E-state index in [1.165, 1.54) is 18.7 Å². The highest BCUT2D eigenvalue weighted by Gasteiger charge is 2.41. The second-order valence-corrected chi connectivity index (χ2v) is 5.88. The van der Waals surface area contributed by atoms with Gasteiger partial charge in [0.1, 0.15) is 0 Å². The molecule has 4 rings (SSSR count). The number of fused-ring (bicyclic) bond motifs is 2. The zero-order valence-electron chi connectivity index (χ0n) is 12.1. The van der Waals surface area contributed by atoms with E-state index in [2.05, 4.69) is 56.4 Å². The fourth-order valence-corrected chi connectivity index (χ4v) is 3.41. The normalized spacial score (nSPS) is 24.5. The van der Waals surface area contributed by atoms with Gasteiger partial charge >= 0.3 is 0 Å². The molecule has 21 heavy (non-hydrogen) atoms. The van der Waals surface area contributed by atoms with Crippen molar-refractivity contribution in [2.75, 3.05) is 30.4 Å². The van der Waals surface area contributed by atoms with Crippen LogP contribution in [0, 0.1) is 0 Å². The van der Waals surface area contributed by atoms with E-state index in [1.54, 1.807) is 12.4 Å². The Bertz CT molecular complexity index is 610. The van der Waals surface area contributed by atoms with Crippen molar-refractivity contribution in [1.29, 1.82) is 0 Å². The quantitative estimate of drug-likeness (QED) is 0.933. The molecule has 2 bridgehead atoms. The van der Waals surface area contributed by atoms with Crippen LogP contribution in [0.5, 0.6) is 0 Å². The zero-order chi connectivity index (χ0) is 14.2. The van der Waals surface area contributed by atoms with Gasteiger partial charge in [-0.3, -0.25) is 4.90 Å². The highest BCUT2D eigenvalue weighted by Crippen LogP contribution is 2.34. The molecule has 1 N–H and O–H groups in total. The lowest BCUT2D eigenvalue weighted by Gasteiger charge is -2.33. The van der Waals surface area contributed by atoms with Crippen molar-refractivity contribution in [1.82, 2.24) is 14.9 Å². The molecule has 1 aromatic carbocycles. The van der Waals surface area contributed by atoms with Gasteiger partial charge in [0.15, 0.2) is 0 Å². The molecule has 3 heterocycles. The lowest BCUT2D eigenvalue weighted by Crippen LogP contribution is -2.44. The summed E-state index contributed by atoms with van der Waals surface area (Å²) in [6.07, 6.45) is 4.77. The first kappa shape index (κ1) is 12.6. The van der Waals surface area contributed by atoms with Crippen LogP contribution >= 0.6 is 0 Å². The fourth-order valence-electron chi connectivity index (χ4n) is 3.41. The lowest BCUT2D eigenvalue weighted by molar-refractivity contribution is 0.292. The molecule has 0 amide bonds. The average molecular weight is 281 g/mol. The Morgan fingerprint density at radius 3 is 2.43 bits per heavy atom. The minimum absolute atomic E-state index is 0.632. The molecular weight excluding hydrogens is 262 g/mol. The van der Waals surface area contributed by atoms with Crippen LogP contribution in [0.25, 0.3) is 0 Å². The smallest absolute Gasteiger partial charge is 0.227 e. The minimum Gasteiger partial charge on any atom is -0.366 e. The second-order valence-electron chi connectivity index (χ2n) is 5.88. The van der Waals surface area contributed by atoms with E-state index in [0.29, 0.717) is 12.0 Å².